The summed E-state index contributed by atoms with van der Waals surface area (Å²) in [4.78, 5) is 0. The fraction of sp³-hybridized carbons (Fsp3) is 0.600. The largest absolute Gasteiger partial charge is 0.497 e. The normalized spacial score (nSPS) is 23.4. The second-order valence-corrected chi connectivity index (χ2v) is 5.19. The number of ether oxygens (including phenoxy) is 3. The molecule has 2 atom stereocenters. The summed E-state index contributed by atoms with van der Waals surface area (Å²) in [7, 11) is 3.35. The number of rotatable bonds is 4. The van der Waals surface area contributed by atoms with Crippen LogP contribution in [0.5, 0.6) is 11.5 Å². The van der Waals surface area contributed by atoms with E-state index in [2.05, 4.69) is 19.2 Å². The summed E-state index contributed by atoms with van der Waals surface area (Å²) in [6, 6.07) is 6.23. The Labute approximate surface area is 115 Å². The molecule has 1 aliphatic heterocycles. The van der Waals surface area contributed by atoms with Crippen LogP contribution >= 0.6 is 0 Å². The Balaban J connectivity index is 2.13. The topological polar surface area (TPSA) is 39.7 Å². The van der Waals surface area contributed by atoms with Crippen molar-refractivity contribution in [2.75, 3.05) is 27.4 Å². The van der Waals surface area contributed by atoms with Gasteiger partial charge in [0.15, 0.2) is 0 Å². The van der Waals surface area contributed by atoms with Crippen LogP contribution in [0.25, 0.3) is 0 Å². The van der Waals surface area contributed by atoms with Gasteiger partial charge in [-0.1, -0.05) is 13.8 Å². The lowest BCUT2D eigenvalue weighted by Crippen LogP contribution is -2.45. The number of morpholine rings is 1. The van der Waals surface area contributed by atoms with Crippen LogP contribution in [-0.2, 0) is 4.74 Å². The molecule has 1 N–H and O–H groups in total. The summed E-state index contributed by atoms with van der Waals surface area (Å²) in [6.45, 7) is 5.93. The highest BCUT2D eigenvalue weighted by atomic mass is 16.5. The molecule has 4 nitrogen and oxygen atoms in total. The highest BCUT2D eigenvalue weighted by Crippen LogP contribution is 2.32. The van der Waals surface area contributed by atoms with Crippen molar-refractivity contribution >= 4 is 0 Å². The molecule has 19 heavy (non-hydrogen) atoms. The van der Waals surface area contributed by atoms with Gasteiger partial charge in [-0.2, -0.15) is 0 Å². The first kappa shape index (κ1) is 14.2. The zero-order chi connectivity index (χ0) is 13.8. The van der Waals surface area contributed by atoms with E-state index in [1.165, 1.54) is 0 Å². The predicted molar refractivity (Wildman–Crippen MR) is 74.9 cm³/mol. The molecule has 0 amide bonds. The maximum atomic E-state index is 5.98. The van der Waals surface area contributed by atoms with Gasteiger partial charge in [0, 0.05) is 18.2 Å². The third-order valence-corrected chi connectivity index (χ3v) is 3.63. The Bertz CT molecular complexity index is 412. The van der Waals surface area contributed by atoms with E-state index in [4.69, 9.17) is 14.2 Å². The van der Waals surface area contributed by atoms with Gasteiger partial charge in [-0.15, -0.1) is 0 Å². The summed E-state index contributed by atoms with van der Waals surface area (Å²) in [5, 5.41) is 3.53. The van der Waals surface area contributed by atoms with E-state index in [0.29, 0.717) is 12.0 Å². The Morgan fingerprint density at radius 3 is 2.58 bits per heavy atom. The first-order chi connectivity index (χ1) is 9.15. The maximum absolute atomic E-state index is 5.98. The van der Waals surface area contributed by atoms with E-state index in [-0.39, 0.29) is 6.10 Å². The molecule has 106 valence electrons. The summed E-state index contributed by atoms with van der Waals surface area (Å²) >= 11 is 0. The summed E-state index contributed by atoms with van der Waals surface area (Å²) in [6.07, 6.45) is 0.0139. The molecular weight excluding hydrogens is 242 g/mol. The maximum Gasteiger partial charge on any atom is 0.124 e. The minimum atomic E-state index is 0.0139. The van der Waals surface area contributed by atoms with Gasteiger partial charge in [0.25, 0.3) is 0 Å². The van der Waals surface area contributed by atoms with Crippen molar-refractivity contribution in [1.29, 1.82) is 0 Å². The van der Waals surface area contributed by atoms with E-state index in [1.54, 1.807) is 14.2 Å². The van der Waals surface area contributed by atoms with Gasteiger partial charge in [-0.05, 0) is 24.1 Å². The number of methoxy groups -OCH3 is 2. The molecule has 1 aliphatic rings. The van der Waals surface area contributed by atoms with Crippen LogP contribution in [0.3, 0.4) is 0 Å². The van der Waals surface area contributed by atoms with Gasteiger partial charge in [0.2, 0.25) is 0 Å². The lowest BCUT2D eigenvalue weighted by molar-refractivity contribution is -0.00827. The van der Waals surface area contributed by atoms with Gasteiger partial charge in [0.1, 0.15) is 11.5 Å². The minimum absolute atomic E-state index is 0.0139. The number of hydrogen-bond acceptors (Lipinski definition) is 4. The first-order valence-corrected chi connectivity index (χ1v) is 6.72. The van der Waals surface area contributed by atoms with Gasteiger partial charge in [0.05, 0.1) is 26.9 Å². The van der Waals surface area contributed by atoms with Crippen molar-refractivity contribution < 1.29 is 14.2 Å². The van der Waals surface area contributed by atoms with E-state index in [1.807, 2.05) is 18.2 Å². The zero-order valence-electron chi connectivity index (χ0n) is 12.1. The quantitative estimate of drug-likeness (QED) is 0.907. The van der Waals surface area contributed by atoms with Gasteiger partial charge < -0.3 is 19.5 Å². The lowest BCUT2D eigenvalue weighted by atomic mass is 10.0. The molecule has 2 rings (SSSR count). The third kappa shape index (κ3) is 3.19. The Hall–Kier alpha value is -1.26. The number of hydrogen-bond donors (Lipinski definition) is 1. The van der Waals surface area contributed by atoms with Crippen molar-refractivity contribution in [2.45, 2.75) is 26.0 Å². The molecule has 1 heterocycles. The van der Waals surface area contributed by atoms with Crippen LogP contribution in [0.4, 0.5) is 0 Å². The average molecular weight is 265 g/mol. The van der Waals surface area contributed by atoms with Crippen LogP contribution in [0.15, 0.2) is 18.2 Å². The molecule has 1 saturated heterocycles. The molecule has 0 saturated carbocycles. The van der Waals surface area contributed by atoms with Gasteiger partial charge in [-0.3, -0.25) is 0 Å². The van der Waals surface area contributed by atoms with E-state index >= 15 is 0 Å². The average Bonchev–Trinajstić information content (AvgIpc) is 2.46. The summed E-state index contributed by atoms with van der Waals surface area (Å²) in [5.74, 6) is 2.24. The fourth-order valence-corrected chi connectivity index (χ4v) is 2.31. The molecule has 4 heteroatoms. The standard InChI is InChI=1S/C15H23NO3/c1-10(2)13-9-19-15(8-16-13)12-7-11(17-3)5-6-14(12)18-4/h5-7,10,13,15-16H,8-9H2,1-4H3. The number of benzene rings is 1. The summed E-state index contributed by atoms with van der Waals surface area (Å²) < 4.78 is 16.7. The molecule has 0 bridgehead atoms. The zero-order valence-corrected chi connectivity index (χ0v) is 12.1. The lowest BCUT2D eigenvalue weighted by Gasteiger charge is -2.33. The van der Waals surface area contributed by atoms with Crippen molar-refractivity contribution in [3.63, 3.8) is 0 Å². The fourth-order valence-electron chi connectivity index (χ4n) is 2.31. The van der Waals surface area contributed by atoms with Crippen molar-refractivity contribution in [3.8, 4) is 11.5 Å². The monoisotopic (exact) mass is 265 g/mol. The minimum Gasteiger partial charge on any atom is -0.497 e. The highest BCUT2D eigenvalue weighted by molar-refractivity contribution is 5.42. The van der Waals surface area contributed by atoms with Crippen molar-refractivity contribution in [1.82, 2.24) is 5.32 Å². The molecule has 2 unspecified atom stereocenters. The van der Waals surface area contributed by atoms with Crippen molar-refractivity contribution in [2.24, 2.45) is 5.92 Å². The van der Waals surface area contributed by atoms with E-state index in [0.717, 1.165) is 30.2 Å². The predicted octanol–water partition coefficient (Wildman–Crippen LogP) is 2.39. The first-order valence-electron chi connectivity index (χ1n) is 6.72. The molecule has 0 aliphatic carbocycles. The third-order valence-electron chi connectivity index (χ3n) is 3.63. The molecule has 0 spiro atoms. The van der Waals surface area contributed by atoms with Crippen LogP contribution in [0.1, 0.15) is 25.5 Å². The Kier molecular flexibility index (Phi) is 4.66. The van der Waals surface area contributed by atoms with Gasteiger partial charge in [-0.25, -0.2) is 0 Å². The smallest absolute Gasteiger partial charge is 0.124 e. The second kappa shape index (κ2) is 6.26. The Morgan fingerprint density at radius 2 is 2.05 bits per heavy atom. The SMILES string of the molecule is COc1ccc(OC)c(C2CNC(C(C)C)CO2)c1. The Morgan fingerprint density at radius 1 is 1.26 bits per heavy atom. The highest BCUT2D eigenvalue weighted by Gasteiger charge is 2.26. The molecule has 0 aromatic heterocycles. The van der Waals surface area contributed by atoms with E-state index < -0.39 is 0 Å². The molecule has 1 aromatic rings. The summed E-state index contributed by atoms with van der Waals surface area (Å²) in [5.41, 5.74) is 1.04. The molecule has 1 fully saturated rings. The van der Waals surface area contributed by atoms with Crippen LogP contribution in [-0.4, -0.2) is 33.4 Å². The van der Waals surface area contributed by atoms with Gasteiger partial charge >= 0.3 is 0 Å². The van der Waals surface area contributed by atoms with E-state index in [9.17, 15) is 0 Å². The second-order valence-electron chi connectivity index (χ2n) is 5.19. The molecule has 1 aromatic carbocycles. The van der Waals surface area contributed by atoms with Crippen molar-refractivity contribution in [3.05, 3.63) is 23.8 Å². The number of nitrogens with one attached hydrogen (secondary N) is 1. The van der Waals surface area contributed by atoms with Crippen LogP contribution in [0.2, 0.25) is 0 Å². The molecule has 0 radical (unpaired) electrons. The molecular formula is C15H23NO3. The van der Waals surface area contributed by atoms with Crippen LogP contribution < -0.4 is 14.8 Å². The van der Waals surface area contributed by atoms with Crippen LogP contribution in [0, 0.1) is 5.92 Å².